The van der Waals surface area contributed by atoms with Crippen LogP contribution in [0.25, 0.3) is 0 Å². The van der Waals surface area contributed by atoms with Crippen molar-refractivity contribution < 1.29 is 4.58 Å². The van der Waals surface area contributed by atoms with E-state index in [0.717, 1.165) is 30.7 Å². The third kappa shape index (κ3) is 19.3. The molecular formula is C33H59N2+. The lowest BCUT2D eigenvalue weighted by molar-refractivity contribution is -0.456. The number of nitrogens with zero attached hydrogens (tertiary/aromatic N) is 1. The van der Waals surface area contributed by atoms with Crippen LogP contribution in [-0.2, 0) is 0 Å². The van der Waals surface area contributed by atoms with E-state index in [2.05, 4.69) is 81.0 Å². The molecule has 0 bridgehead atoms. The summed E-state index contributed by atoms with van der Waals surface area (Å²) in [5.41, 5.74) is 1.37. The summed E-state index contributed by atoms with van der Waals surface area (Å²) >= 11 is 0. The van der Waals surface area contributed by atoms with Crippen molar-refractivity contribution in [3.8, 4) is 0 Å². The van der Waals surface area contributed by atoms with Crippen molar-refractivity contribution in [1.82, 2.24) is 5.32 Å². The van der Waals surface area contributed by atoms with Crippen LogP contribution in [0.15, 0.2) is 48.9 Å². The van der Waals surface area contributed by atoms with Gasteiger partial charge in [-0.05, 0) is 73.8 Å². The number of allylic oxidation sites excluding steroid dienone is 5. The summed E-state index contributed by atoms with van der Waals surface area (Å²) in [6.45, 7) is 15.4. The Hall–Kier alpha value is -1.57. The largest absolute Gasteiger partial charge is 0.391 e. The van der Waals surface area contributed by atoms with E-state index in [1.165, 1.54) is 102 Å². The molecule has 2 nitrogen and oxygen atoms in total. The van der Waals surface area contributed by atoms with Crippen LogP contribution < -0.4 is 5.32 Å². The highest BCUT2D eigenvalue weighted by Crippen LogP contribution is 2.18. The van der Waals surface area contributed by atoms with Crippen molar-refractivity contribution in [3.63, 3.8) is 0 Å². The molecule has 1 atom stereocenters. The minimum Gasteiger partial charge on any atom is -0.391 e. The fraction of sp³-hybridized carbons (Fsp3) is 0.727. The molecule has 1 aliphatic heterocycles. The second-order valence-corrected chi connectivity index (χ2v) is 11.5. The van der Waals surface area contributed by atoms with Gasteiger partial charge in [0.25, 0.3) is 0 Å². The van der Waals surface area contributed by atoms with E-state index in [0.29, 0.717) is 0 Å². The smallest absolute Gasteiger partial charge is 0.164 e. The maximum Gasteiger partial charge on any atom is 0.164 e. The average Bonchev–Trinajstić information content (AvgIpc) is 2.84. The monoisotopic (exact) mass is 483 g/mol. The first kappa shape index (κ1) is 31.5. The van der Waals surface area contributed by atoms with Crippen molar-refractivity contribution in [2.75, 3.05) is 13.1 Å². The molecule has 0 radical (unpaired) electrons. The van der Waals surface area contributed by atoms with Crippen molar-refractivity contribution >= 4 is 6.21 Å². The van der Waals surface area contributed by atoms with E-state index in [1.807, 2.05) is 6.08 Å². The van der Waals surface area contributed by atoms with Crippen LogP contribution in [0.1, 0.15) is 124 Å². The summed E-state index contributed by atoms with van der Waals surface area (Å²) in [7, 11) is 0. The molecular weight excluding hydrogens is 424 g/mol. The maximum absolute atomic E-state index is 3.84. The van der Waals surface area contributed by atoms with E-state index in [-0.39, 0.29) is 0 Å². The van der Waals surface area contributed by atoms with Crippen molar-refractivity contribution in [2.24, 2.45) is 17.8 Å². The zero-order valence-corrected chi connectivity index (χ0v) is 23.9. The molecule has 1 N–H and O–H groups in total. The van der Waals surface area contributed by atoms with Gasteiger partial charge in [0.15, 0.2) is 6.20 Å². The third-order valence-corrected chi connectivity index (χ3v) is 7.05. The summed E-state index contributed by atoms with van der Waals surface area (Å²) in [4.78, 5) is 0. The normalized spacial score (nSPS) is 16.5. The zero-order chi connectivity index (χ0) is 25.6. The molecule has 0 saturated carbocycles. The van der Waals surface area contributed by atoms with Gasteiger partial charge in [0.1, 0.15) is 12.8 Å². The molecule has 35 heavy (non-hydrogen) atoms. The Kier molecular flexibility index (Phi) is 19.5. The average molecular weight is 484 g/mol. The van der Waals surface area contributed by atoms with Gasteiger partial charge < -0.3 is 5.32 Å². The van der Waals surface area contributed by atoms with Gasteiger partial charge in [-0.2, -0.15) is 0 Å². The minimum absolute atomic E-state index is 0.748. The van der Waals surface area contributed by atoms with Crippen LogP contribution in [0.3, 0.4) is 0 Å². The Labute approximate surface area is 219 Å². The third-order valence-electron chi connectivity index (χ3n) is 7.05. The number of hydrogen-bond donors (Lipinski definition) is 1. The van der Waals surface area contributed by atoms with E-state index in [1.54, 1.807) is 0 Å². The highest BCUT2D eigenvalue weighted by Gasteiger charge is 2.13. The summed E-state index contributed by atoms with van der Waals surface area (Å²) in [6.07, 6.45) is 35.7. The molecule has 0 spiro atoms. The van der Waals surface area contributed by atoms with Gasteiger partial charge in [0, 0.05) is 19.4 Å². The molecule has 0 aliphatic carbocycles. The zero-order valence-electron chi connectivity index (χ0n) is 23.9. The standard InChI is InChI=1S/C33H59N2/c1-6-17-32(20-18-30(2)3)22-26-34-25-15-13-11-9-7-8-10-12-14-16-27-35-28-23-33(24-29-35)21-19-31(4)5/h6,17,22-23,26,28-31,33-34H,1,7-16,18-21,24-25,27H2,2-5H3/q+1/b26-22-,32-17-. The molecule has 1 unspecified atom stereocenters. The molecule has 200 valence electrons. The first-order valence-corrected chi connectivity index (χ1v) is 15.0. The van der Waals surface area contributed by atoms with E-state index in [4.69, 9.17) is 0 Å². The summed E-state index contributed by atoms with van der Waals surface area (Å²) in [5, 5.41) is 3.46. The van der Waals surface area contributed by atoms with Crippen LogP contribution in [0.2, 0.25) is 0 Å². The fourth-order valence-electron chi connectivity index (χ4n) is 4.58. The van der Waals surface area contributed by atoms with Gasteiger partial charge in [0.05, 0.1) is 0 Å². The Balaban J connectivity index is 1.88. The number of nitrogens with one attached hydrogen (secondary N) is 1. The summed E-state index contributed by atoms with van der Waals surface area (Å²) in [5.74, 6) is 2.35. The number of unbranched alkanes of at least 4 members (excludes halogenated alkanes) is 9. The molecule has 0 aromatic rings. The Bertz CT molecular complexity index is 635. The lowest BCUT2D eigenvalue weighted by atomic mass is 9.94. The first-order chi connectivity index (χ1) is 17.0. The molecule has 1 rings (SSSR count). The van der Waals surface area contributed by atoms with Gasteiger partial charge >= 0.3 is 0 Å². The van der Waals surface area contributed by atoms with Crippen molar-refractivity contribution in [2.45, 2.75) is 124 Å². The predicted molar refractivity (Wildman–Crippen MR) is 158 cm³/mol. The summed E-state index contributed by atoms with van der Waals surface area (Å²) in [6, 6.07) is 0. The van der Waals surface area contributed by atoms with Crippen LogP contribution >= 0.6 is 0 Å². The Morgan fingerprint density at radius 2 is 1.54 bits per heavy atom. The van der Waals surface area contributed by atoms with Crippen LogP contribution in [-0.4, -0.2) is 23.9 Å². The van der Waals surface area contributed by atoms with E-state index < -0.39 is 0 Å². The lowest BCUT2D eigenvalue weighted by Gasteiger charge is -2.13. The maximum atomic E-state index is 3.84. The number of rotatable bonds is 22. The molecule has 0 aromatic carbocycles. The number of hydrogen-bond acceptors (Lipinski definition) is 1. The summed E-state index contributed by atoms with van der Waals surface area (Å²) < 4.78 is 2.43. The van der Waals surface area contributed by atoms with Crippen LogP contribution in [0.4, 0.5) is 0 Å². The second kappa shape index (κ2) is 21.7. The highest BCUT2D eigenvalue weighted by molar-refractivity contribution is 5.53. The highest BCUT2D eigenvalue weighted by atomic mass is 15.0. The van der Waals surface area contributed by atoms with Crippen molar-refractivity contribution in [1.29, 1.82) is 0 Å². The molecule has 0 fully saturated rings. The fourth-order valence-corrected chi connectivity index (χ4v) is 4.58. The topological polar surface area (TPSA) is 15.0 Å². The quantitative estimate of drug-likeness (QED) is 0.0920. The Morgan fingerprint density at radius 1 is 0.914 bits per heavy atom. The minimum atomic E-state index is 0.748. The van der Waals surface area contributed by atoms with Gasteiger partial charge in [-0.15, -0.1) is 0 Å². The van der Waals surface area contributed by atoms with Gasteiger partial charge in [-0.3, -0.25) is 0 Å². The van der Waals surface area contributed by atoms with Crippen molar-refractivity contribution in [3.05, 3.63) is 48.9 Å². The van der Waals surface area contributed by atoms with Gasteiger partial charge in [-0.25, -0.2) is 4.58 Å². The Morgan fingerprint density at radius 3 is 2.11 bits per heavy atom. The van der Waals surface area contributed by atoms with E-state index in [9.17, 15) is 0 Å². The molecule has 0 aromatic heterocycles. The van der Waals surface area contributed by atoms with E-state index >= 15 is 0 Å². The second-order valence-electron chi connectivity index (χ2n) is 11.5. The molecule has 1 heterocycles. The van der Waals surface area contributed by atoms with Gasteiger partial charge in [0.2, 0.25) is 0 Å². The molecule has 0 saturated heterocycles. The van der Waals surface area contributed by atoms with Crippen LogP contribution in [0, 0.1) is 17.8 Å². The van der Waals surface area contributed by atoms with Gasteiger partial charge in [-0.1, -0.05) is 97.8 Å². The first-order valence-electron chi connectivity index (χ1n) is 15.0. The SMILES string of the molecule is C=C/C=C(\C=C/NCCCCCCCCCCCC[N+]1=CCC(CCC(C)C)C=C1)CCC(C)C. The molecule has 1 aliphatic rings. The predicted octanol–water partition coefficient (Wildman–Crippen LogP) is 9.59. The lowest BCUT2D eigenvalue weighted by Crippen LogP contribution is -2.15. The van der Waals surface area contributed by atoms with Crippen LogP contribution in [0.5, 0.6) is 0 Å². The molecule has 2 heteroatoms. The molecule has 0 amide bonds.